The predicted octanol–water partition coefficient (Wildman–Crippen LogP) is 4.67. The second kappa shape index (κ2) is 13.3. The minimum absolute atomic E-state index is 0.382. The van der Waals surface area contributed by atoms with Crippen LogP contribution in [0.1, 0.15) is 52.7 Å². The molecule has 2 amide bonds. The van der Waals surface area contributed by atoms with Crippen LogP contribution in [-0.4, -0.2) is 36.5 Å². The molecule has 0 saturated carbocycles. The lowest BCUT2D eigenvalue weighted by molar-refractivity contribution is 0.0517. The molecule has 0 saturated heterocycles. The van der Waals surface area contributed by atoms with Crippen molar-refractivity contribution in [3.63, 3.8) is 0 Å². The highest BCUT2D eigenvalue weighted by Gasteiger charge is 2.16. The molecule has 2 rings (SSSR count). The number of hydrogen-bond donors (Lipinski definition) is 4. The lowest BCUT2D eigenvalue weighted by atomic mass is 10.1. The maximum Gasteiger partial charge on any atom is 0.407 e. The van der Waals surface area contributed by atoms with Crippen LogP contribution in [0.3, 0.4) is 0 Å². The first kappa shape index (κ1) is 28.6. The Morgan fingerprint density at radius 3 is 1.21 bits per heavy atom. The molecule has 8 heteroatoms. The molecule has 34 heavy (non-hydrogen) atoms. The van der Waals surface area contributed by atoms with Gasteiger partial charge in [0.05, 0.1) is 0 Å². The van der Waals surface area contributed by atoms with Gasteiger partial charge in [-0.25, -0.2) is 9.59 Å². The van der Waals surface area contributed by atoms with Crippen LogP contribution in [0.15, 0.2) is 48.5 Å². The zero-order valence-corrected chi connectivity index (χ0v) is 21.2. The highest BCUT2D eigenvalue weighted by atomic mass is 16.6. The summed E-state index contributed by atoms with van der Waals surface area (Å²) in [6.07, 6.45) is 0.764. The summed E-state index contributed by atoms with van der Waals surface area (Å²) in [4.78, 5) is 22.7. The first-order chi connectivity index (χ1) is 15.7. The van der Waals surface area contributed by atoms with Gasteiger partial charge < -0.3 is 31.6 Å². The third-order valence-electron chi connectivity index (χ3n) is 4.12. The van der Waals surface area contributed by atoms with Crippen LogP contribution in [-0.2, 0) is 22.3 Å². The molecular formula is C26H40N4O4. The second-order valence-corrected chi connectivity index (χ2v) is 9.84. The molecule has 0 bridgehead atoms. The van der Waals surface area contributed by atoms with Crippen LogP contribution in [0.2, 0.25) is 0 Å². The second-order valence-electron chi connectivity index (χ2n) is 9.84. The van der Waals surface area contributed by atoms with Gasteiger partial charge in [-0.2, -0.15) is 0 Å². The van der Waals surface area contributed by atoms with Crippen molar-refractivity contribution >= 4 is 23.6 Å². The van der Waals surface area contributed by atoms with Crippen LogP contribution in [0.5, 0.6) is 0 Å². The van der Waals surface area contributed by atoms with Gasteiger partial charge in [-0.05, 0) is 89.8 Å². The Balaban J connectivity index is 0.000000340. The molecule has 0 aliphatic rings. The molecule has 0 fully saturated rings. The standard InChI is InChI=1S/2C13H20N2O2/c2*1-13(2,3)17-12(16)15-9-8-10-4-6-11(14)7-5-10/h2*4-7H,8-9,14H2,1-3H3,(H,15,16). The van der Waals surface area contributed by atoms with E-state index in [0.29, 0.717) is 13.1 Å². The topological polar surface area (TPSA) is 129 Å². The van der Waals surface area contributed by atoms with E-state index in [1.165, 1.54) is 0 Å². The number of ether oxygens (including phenoxy) is 2. The van der Waals surface area contributed by atoms with Crippen molar-refractivity contribution in [3.05, 3.63) is 59.7 Å². The summed E-state index contributed by atoms with van der Waals surface area (Å²) in [6.45, 7) is 12.1. The molecule has 0 radical (unpaired) electrons. The van der Waals surface area contributed by atoms with Gasteiger partial charge in [0.1, 0.15) is 11.2 Å². The molecule has 8 nitrogen and oxygen atoms in total. The Bertz CT molecular complexity index is 808. The number of rotatable bonds is 6. The van der Waals surface area contributed by atoms with Crippen molar-refractivity contribution in [2.45, 2.75) is 65.6 Å². The van der Waals surface area contributed by atoms with E-state index >= 15 is 0 Å². The third-order valence-corrected chi connectivity index (χ3v) is 4.12. The maximum atomic E-state index is 11.3. The number of amides is 2. The molecule has 0 spiro atoms. The highest BCUT2D eigenvalue weighted by molar-refractivity contribution is 5.68. The first-order valence-corrected chi connectivity index (χ1v) is 11.4. The number of alkyl carbamates (subject to hydrolysis) is 2. The number of nitrogens with one attached hydrogen (secondary N) is 2. The molecule has 188 valence electrons. The van der Waals surface area contributed by atoms with Gasteiger partial charge in [0.2, 0.25) is 0 Å². The van der Waals surface area contributed by atoms with Gasteiger partial charge in [0.15, 0.2) is 0 Å². The Morgan fingerprint density at radius 2 is 0.941 bits per heavy atom. The predicted molar refractivity (Wildman–Crippen MR) is 138 cm³/mol. The Labute approximate surface area is 203 Å². The van der Waals surface area contributed by atoms with Gasteiger partial charge in [0, 0.05) is 24.5 Å². The summed E-state index contributed by atoms with van der Waals surface area (Å²) in [5.41, 5.74) is 14.0. The van der Waals surface area contributed by atoms with E-state index in [0.717, 1.165) is 35.3 Å². The fourth-order valence-electron chi connectivity index (χ4n) is 2.61. The van der Waals surface area contributed by atoms with Crippen molar-refractivity contribution in [1.82, 2.24) is 10.6 Å². The van der Waals surface area contributed by atoms with E-state index < -0.39 is 11.2 Å². The number of anilines is 2. The summed E-state index contributed by atoms with van der Waals surface area (Å²) in [7, 11) is 0. The van der Waals surface area contributed by atoms with E-state index in [9.17, 15) is 9.59 Å². The smallest absolute Gasteiger partial charge is 0.407 e. The Hall–Kier alpha value is -3.42. The number of nitrogens with two attached hydrogens (primary N) is 2. The quantitative estimate of drug-likeness (QED) is 0.452. The zero-order valence-electron chi connectivity index (χ0n) is 21.2. The summed E-state index contributed by atoms with van der Waals surface area (Å²) < 4.78 is 10.2. The summed E-state index contributed by atoms with van der Waals surface area (Å²) in [5.74, 6) is 0. The number of hydrogen-bond acceptors (Lipinski definition) is 6. The van der Waals surface area contributed by atoms with E-state index in [-0.39, 0.29) is 12.2 Å². The molecule has 0 atom stereocenters. The normalized spacial score (nSPS) is 11.0. The number of nitrogen functional groups attached to an aromatic ring is 2. The maximum absolute atomic E-state index is 11.3. The van der Waals surface area contributed by atoms with Crippen molar-refractivity contribution < 1.29 is 19.1 Å². The van der Waals surface area contributed by atoms with Gasteiger partial charge >= 0.3 is 12.2 Å². The van der Waals surface area contributed by atoms with E-state index in [2.05, 4.69) is 10.6 Å². The number of benzene rings is 2. The largest absolute Gasteiger partial charge is 0.444 e. The monoisotopic (exact) mass is 472 g/mol. The molecular weight excluding hydrogens is 432 g/mol. The molecule has 6 N–H and O–H groups in total. The minimum atomic E-state index is -0.453. The van der Waals surface area contributed by atoms with Crippen LogP contribution in [0.25, 0.3) is 0 Å². The fraction of sp³-hybridized carbons (Fsp3) is 0.462. The van der Waals surface area contributed by atoms with E-state index in [4.69, 9.17) is 20.9 Å². The summed E-state index contributed by atoms with van der Waals surface area (Å²) in [5, 5.41) is 5.42. The van der Waals surface area contributed by atoms with Gasteiger partial charge in [-0.1, -0.05) is 24.3 Å². The van der Waals surface area contributed by atoms with Crippen molar-refractivity contribution in [2.75, 3.05) is 24.6 Å². The third kappa shape index (κ3) is 14.6. The molecule has 2 aromatic carbocycles. The molecule has 2 aromatic rings. The number of carbonyl (C=O) groups excluding carboxylic acids is 2. The zero-order chi connectivity index (χ0) is 25.8. The van der Waals surface area contributed by atoms with Gasteiger partial charge in [-0.15, -0.1) is 0 Å². The van der Waals surface area contributed by atoms with Crippen molar-refractivity contribution in [1.29, 1.82) is 0 Å². The summed E-state index contributed by atoms with van der Waals surface area (Å²) >= 11 is 0. The fourth-order valence-corrected chi connectivity index (χ4v) is 2.61. The molecule has 0 aliphatic carbocycles. The van der Waals surface area contributed by atoms with E-state index in [1.807, 2.05) is 90.1 Å². The summed E-state index contributed by atoms with van der Waals surface area (Å²) in [6, 6.07) is 15.2. The van der Waals surface area contributed by atoms with E-state index in [1.54, 1.807) is 0 Å². The van der Waals surface area contributed by atoms with Crippen LogP contribution < -0.4 is 22.1 Å². The van der Waals surface area contributed by atoms with Crippen LogP contribution >= 0.6 is 0 Å². The van der Waals surface area contributed by atoms with Crippen LogP contribution in [0, 0.1) is 0 Å². The molecule has 0 heterocycles. The average molecular weight is 473 g/mol. The minimum Gasteiger partial charge on any atom is -0.444 e. The molecule has 0 unspecified atom stereocenters. The highest BCUT2D eigenvalue weighted by Crippen LogP contribution is 2.09. The number of carbonyl (C=O) groups is 2. The molecule has 0 aromatic heterocycles. The first-order valence-electron chi connectivity index (χ1n) is 11.4. The Morgan fingerprint density at radius 1 is 0.647 bits per heavy atom. The Kier molecular flexibility index (Phi) is 11.2. The lowest BCUT2D eigenvalue weighted by Gasteiger charge is -2.19. The SMILES string of the molecule is CC(C)(C)OC(=O)NCCc1ccc(N)cc1.CC(C)(C)OC(=O)NCCc1ccc(N)cc1. The van der Waals surface area contributed by atoms with Gasteiger partial charge in [0.25, 0.3) is 0 Å². The molecule has 0 aliphatic heterocycles. The lowest BCUT2D eigenvalue weighted by Crippen LogP contribution is -2.33. The average Bonchev–Trinajstić information content (AvgIpc) is 2.69. The van der Waals surface area contributed by atoms with Gasteiger partial charge in [-0.3, -0.25) is 0 Å². The van der Waals surface area contributed by atoms with Crippen molar-refractivity contribution in [2.24, 2.45) is 0 Å². The van der Waals surface area contributed by atoms with Crippen molar-refractivity contribution in [3.8, 4) is 0 Å². The van der Waals surface area contributed by atoms with Crippen LogP contribution in [0.4, 0.5) is 21.0 Å².